The van der Waals surface area contributed by atoms with Crippen LogP contribution < -0.4 is 0 Å². The van der Waals surface area contributed by atoms with E-state index in [1.807, 2.05) is 12.1 Å². The van der Waals surface area contributed by atoms with Crippen LogP contribution >= 0.6 is 0 Å². The summed E-state index contributed by atoms with van der Waals surface area (Å²) >= 11 is 0. The van der Waals surface area contributed by atoms with E-state index in [1.54, 1.807) is 6.07 Å². The first-order valence-corrected chi connectivity index (χ1v) is 4.69. The van der Waals surface area contributed by atoms with E-state index >= 15 is 0 Å². The van der Waals surface area contributed by atoms with Gasteiger partial charge in [-0.05, 0) is 36.1 Å². The first kappa shape index (κ1) is 9.80. The van der Waals surface area contributed by atoms with Gasteiger partial charge in [-0.2, -0.15) is 5.26 Å². The highest BCUT2D eigenvalue weighted by molar-refractivity contribution is 5.33. The van der Waals surface area contributed by atoms with Gasteiger partial charge in [-0.15, -0.1) is 0 Å². The highest BCUT2D eigenvalue weighted by Gasteiger charge is 2.04. The zero-order valence-corrected chi connectivity index (χ0v) is 8.17. The van der Waals surface area contributed by atoms with Crippen molar-refractivity contribution in [3.05, 3.63) is 35.4 Å². The molecule has 0 N–H and O–H groups in total. The van der Waals surface area contributed by atoms with Gasteiger partial charge in [0.1, 0.15) is 0 Å². The van der Waals surface area contributed by atoms with Crippen molar-refractivity contribution in [3.8, 4) is 6.07 Å². The second-order valence-corrected chi connectivity index (χ2v) is 3.33. The molecule has 0 aliphatic heterocycles. The van der Waals surface area contributed by atoms with Gasteiger partial charge >= 0.3 is 0 Å². The van der Waals surface area contributed by atoms with Gasteiger partial charge in [0.05, 0.1) is 11.6 Å². The van der Waals surface area contributed by atoms with E-state index in [1.165, 1.54) is 6.42 Å². The first-order chi connectivity index (χ1) is 6.27. The fraction of sp³-hybridized carbons (Fsp3) is 0.417. The molecule has 0 aliphatic carbocycles. The van der Waals surface area contributed by atoms with Crippen molar-refractivity contribution in [3.63, 3.8) is 0 Å². The quantitative estimate of drug-likeness (QED) is 0.686. The lowest BCUT2D eigenvalue weighted by molar-refractivity contribution is 0.664. The summed E-state index contributed by atoms with van der Waals surface area (Å²) in [6, 6.07) is 10.9. The largest absolute Gasteiger partial charge is 0.192 e. The molecule has 1 atom stereocenters. The Morgan fingerprint density at radius 1 is 1.62 bits per heavy atom. The molecule has 13 heavy (non-hydrogen) atoms. The lowest BCUT2D eigenvalue weighted by Gasteiger charge is -2.09. The maximum atomic E-state index is 8.71. The van der Waals surface area contributed by atoms with Crippen LogP contribution in [0.5, 0.6) is 0 Å². The van der Waals surface area contributed by atoms with E-state index in [-0.39, 0.29) is 0 Å². The lowest BCUT2D eigenvalue weighted by Crippen LogP contribution is -1.93. The predicted octanol–water partition coefficient (Wildman–Crippen LogP) is 3.26. The van der Waals surface area contributed by atoms with Crippen molar-refractivity contribution in [1.82, 2.24) is 0 Å². The normalized spacial score (nSPS) is 12.1. The summed E-state index contributed by atoms with van der Waals surface area (Å²) in [6.07, 6.45) is 2.33. The number of hydrogen-bond acceptors (Lipinski definition) is 1. The van der Waals surface area contributed by atoms with Crippen molar-refractivity contribution in [1.29, 1.82) is 5.26 Å². The molecular weight excluding hydrogens is 158 g/mol. The summed E-state index contributed by atoms with van der Waals surface area (Å²) in [5.74, 6) is 0.512. The summed E-state index contributed by atoms with van der Waals surface area (Å²) in [5.41, 5.74) is 1.89. The zero-order valence-electron chi connectivity index (χ0n) is 8.17. The monoisotopic (exact) mass is 172 g/mol. The third-order valence-electron chi connectivity index (χ3n) is 2.21. The standard InChI is InChI=1S/C12H14N/c1-3-5-10(2)12-7-4-6-11(8-12)9-13/h4,6,8,10H,3,5H2,1-2H3. The van der Waals surface area contributed by atoms with Gasteiger partial charge < -0.3 is 0 Å². The molecule has 0 fully saturated rings. The molecule has 1 rings (SSSR count). The minimum absolute atomic E-state index is 0.512. The molecule has 0 saturated carbocycles. The molecule has 0 bridgehead atoms. The van der Waals surface area contributed by atoms with E-state index in [9.17, 15) is 0 Å². The summed E-state index contributed by atoms with van der Waals surface area (Å²) in [7, 11) is 0. The zero-order chi connectivity index (χ0) is 9.68. The average Bonchev–Trinajstić information content (AvgIpc) is 2.18. The summed E-state index contributed by atoms with van der Waals surface area (Å²) in [4.78, 5) is 0. The molecule has 1 heteroatoms. The van der Waals surface area contributed by atoms with Crippen LogP contribution in [0.15, 0.2) is 18.2 Å². The molecule has 67 valence electrons. The maximum Gasteiger partial charge on any atom is 0.0991 e. The first-order valence-electron chi connectivity index (χ1n) is 4.69. The van der Waals surface area contributed by atoms with Crippen LogP contribution in [0.2, 0.25) is 0 Å². The minimum Gasteiger partial charge on any atom is -0.192 e. The van der Waals surface area contributed by atoms with Crippen LogP contribution in [0.25, 0.3) is 0 Å². The Labute approximate surface area is 80.0 Å². The van der Waals surface area contributed by atoms with Gasteiger partial charge in [-0.1, -0.05) is 26.3 Å². The van der Waals surface area contributed by atoms with Gasteiger partial charge in [0.25, 0.3) is 0 Å². The van der Waals surface area contributed by atoms with Crippen LogP contribution in [0.3, 0.4) is 0 Å². The fourth-order valence-electron chi connectivity index (χ4n) is 1.43. The Kier molecular flexibility index (Phi) is 3.52. The van der Waals surface area contributed by atoms with Gasteiger partial charge in [0, 0.05) is 0 Å². The lowest BCUT2D eigenvalue weighted by atomic mass is 9.95. The van der Waals surface area contributed by atoms with Crippen LogP contribution in [0.4, 0.5) is 0 Å². The molecule has 0 aliphatic rings. The molecule has 0 saturated heterocycles. The van der Waals surface area contributed by atoms with Crippen molar-refractivity contribution in [2.24, 2.45) is 0 Å². The summed E-state index contributed by atoms with van der Waals surface area (Å²) < 4.78 is 0. The summed E-state index contributed by atoms with van der Waals surface area (Å²) in [6.45, 7) is 4.35. The Morgan fingerprint density at radius 3 is 3.00 bits per heavy atom. The van der Waals surface area contributed by atoms with E-state index in [0.717, 1.165) is 17.5 Å². The van der Waals surface area contributed by atoms with Gasteiger partial charge in [-0.3, -0.25) is 0 Å². The van der Waals surface area contributed by atoms with E-state index in [2.05, 4.69) is 26.0 Å². The van der Waals surface area contributed by atoms with Crippen LogP contribution in [-0.2, 0) is 0 Å². The molecule has 1 unspecified atom stereocenters. The molecular formula is C12H14N. The number of benzene rings is 1. The highest BCUT2D eigenvalue weighted by atomic mass is 14.2. The Balaban J connectivity index is 2.83. The van der Waals surface area contributed by atoms with E-state index in [0.29, 0.717) is 5.92 Å². The number of nitrogens with zero attached hydrogens (tertiary/aromatic N) is 1. The van der Waals surface area contributed by atoms with Gasteiger partial charge in [-0.25, -0.2) is 0 Å². The van der Waals surface area contributed by atoms with Crippen LogP contribution in [-0.4, -0.2) is 0 Å². The van der Waals surface area contributed by atoms with Crippen molar-refractivity contribution in [2.75, 3.05) is 0 Å². The number of rotatable bonds is 3. The highest BCUT2D eigenvalue weighted by Crippen LogP contribution is 2.20. The third kappa shape index (κ3) is 2.59. The molecule has 1 aromatic rings. The topological polar surface area (TPSA) is 23.8 Å². The van der Waals surface area contributed by atoms with Gasteiger partial charge in [0.15, 0.2) is 0 Å². The molecule has 0 spiro atoms. The molecule has 0 amide bonds. The second kappa shape index (κ2) is 4.67. The third-order valence-corrected chi connectivity index (χ3v) is 2.21. The Morgan fingerprint density at radius 2 is 2.38 bits per heavy atom. The Hall–Kier alpha value is -1.29. The van der Waals surface area contributed by atoms with Crippen molar-refractivity contribution < 1.29 is 0 Å². The molecule has 1 aromatic carbocycles. The molecule has 1 radical (unpaired) electrons. The van der Waals surface area contributed by atoms with Crippen molar-refractivity contribution in [2.45, 2.75) is 32.6 Å². The van der Waals surface area contributed by atoms with E-state index < -0.39 is 0 Å². The van der Waals surface area contributed by atoms with Crippen LogP contribution in [0.1, 0.15) is 43.7 Å². The smallest absolute Gasteiger partial charge is 0.0991 e. The van der Waals surface area contributed by atoms with E-state index in [4.69, 9.17) is 5.26 Å². The molecule has 1 nitrogen and oxygen atoms in total. The molecule has 0 aromatic heterocycles. The fourth-order valence-corrected chi connectivity index (χ4v) is 1.43. The van der Waals surface area contributed by atoms with Gasteiger partial charge in [0.2, 0.25) is 0 Å². The van der Waals surface area contributed by atoms with Crippen molar-refractivity contribution >= 4 is 0 Å². The second-order valence-electron chi connectivity index (χ2n) is 3.33. The predicted molar refractivity (Wildman–Crippen MR) is 53.3 cm³/mol. The Bertz CT molecular complexity index is 309. The number of hydrogen-bond donors (Lipinski definition) is 0. The SMILES string of the molecule is CCCC(C)c1[c]ccc(C#N)c1. The number of nitriles is 1. The molecule has 0 heterocycles. The minimum atomic E-state index is 0.512. The van der Waals surface area contributed by atoms with Crippen LogP contribution in [0, 0.1) is 17.4 Å². The summed E-state index contributed by atoms with van der Waals surface area (Å²) in [5, 5.41) is 8.71. The average molecular weight is 172 g/mol. The maximum absolute atomic E-state index is 8.71.